The van der Waals surface area contributed by atoms with Gasteiger partial charge in [-0.2, -0.15) is 0 Å². The Morgan fingerprint density at radius 1 is 1.40 bits per heavy atom. The maximum atomic E-state index is 10.1. The number of hydrogen-bond acceptors (Lipinski definition) is 4. The number of aliphatic imine (C=N–C) groups is 1. The molecule has 0 saturated heterocycles. The van der Waals surface area contributed by atoms with Gasteiger partial charge in [0, 0.05) is 0 Å². The van der Waals surface area contributed by atoms with E-state index < -0.39 is 0 Å². The summed E-state index contributed by atoms with van der Waals surface area (Å²) in [7, 11) is 0. The van der Waals surface area contributed by atoms with E-state index in [1.807, 2.05) is 19.9 Å². The Kier molecular flexibility index (Phi) is 2.44. The van der Waals surface area contributed by atoms with Crippen LogP contribution in [0.4, 0.5) is 0 Å². The van der Waals surface area contributed by atoms with E-state index in [1.165, 1.54) is 6.08 Å². The molecule has 2 rings (SSSR count). The van der Waals surface area contributed by atoms with Gasteiger partial charge >= 0.3 is 0 Å². The van der Waals surface area contributed by atoms with E-state index in [1.54, 1.807) is 0 Å². The van der Waals surface area contributed by atoms with Crippen LogP contribution in [0.3, 0.4) is 0 Å². The Morgan fingerprint density at radius 3 is 2.93 bits per heavy atom. The molecular weight excluding hydrogens is 194 g/mol. The molecule has 0 bridgehead atoms. The Morgan fingerprint density at radius 2 is 2.20 bits per heavy atom. The van der Waals surface area contributed by atoms with Crippen molar-refractivity contribution in [2.75, 3.05) is 6.79 Å². The van der Waals surface area contributed by atoms with Crippen molar-refractivity contribution in [1.82, 2.24) is 0 Å². The van der Waals surface area contributed by atoms with Crippen LogP contribution in [0.2, 0.25) is 0 Å². The third-order valence-electron chi connectivity index (χ3n) is 2.65. The van der Waals surface area contributed by atoms with Crippen molar-refractivity contribution < 1.29 is 14.3 Å². The number of hydrogen-bond donors (Lipinski definition) is 0. The lowest BCUT2D eigenvalue weighted by Crippen LogP contribution is -1.94. The van der Waals surface area contributed by atoms with Crippen LogP contribution in [0.25, 0.3) is 0 Å². The standard InChI is InChI=1S/C11H11NO3/c1-7-8(2)11-10(14-6-15-11)3-9(7)4-12-5-13/h3H,4,6H2,1-2H3. The second-order valence-electron chi connectivity index (χ2n) is 3.43. The van der Waals surface area contributed by atoms with Crippen molar-refractivity contribution in [1.29, 1.82) is 0 Å². The fourth-order valence-corrected chi connectivity index (χ4v) is 1.65. The predicted octanol–water partition coefficient (Wildman–Crippen LogP) is 1.87. The highest BCUT2D eigenvalue weighted by Crippen LogP contribution is 2.38. The van der Waals surface area contributed by atoms with Gasteiger partial charge in [-0.15, -0.1) is 0 Å². The average molecular weight is 205 g/mol. The van der Waals surface area contributed by atoms with Crippen LogP contribution >= 0.6 is 0 Å². The molecule has 4 heteroatoms. The first kappa shape index (κ1) is 9.74. The minimum atomic E-state index is 0.260. The van der Waals surface area contributed by atoms with Gasteiger partial charge in [-0.05, 0) is 36.6 Å². The molecule has 0 aliphatic carbocycles. The first-order valence-corrected chi connectivity index (χ1v) is 4.66. The quantitative estimate of drug-likeness (QED) is 0.547. The van der Waals surface area contributed by atoms with Gasteiger partial charge in [-0.3, -0.25) is 0 Å². The summed E-state index contributed by atoms with van der Waals surface area (Å²) in [6, 6.07) is 1.87. The minimum absolute atomic E-state index is 0.260. The van der Waals surface area contributed by atoms with Gasteiger partial charge in [0.15, 0.2) is 11.5 Å². The highest BCUT2D eigenvalue weighted by Gasteiger charge is 2.19. The summed E-state index contributed by atoms with van der Waals surface area (Å²) in [5.41, 5.74) is 3.10. The molecule has 1 aliphatic rings. The summed E-state index contributed by atoms with van der Waals surface area (Å²) in [5, 5.41) is 0. The van der Waals surface area contributed by atoms with Gasteiger partial charge in [-0.25, -0.2) is 9.79 Å². The lowest BCUT2D eigenvalue weighted by atomic mass is 10.0. The number of isocyanates is 1. The van der Waals surface area contributed by atoms with E-state index in [2.05, 4.69) is 4.99 Å². The van der Waals surface area contributed by atoms with Crippen LogP contribution in [0.5, 0.6) is 11.5 Å². The first-order chi connectivity index (χ1) is 7.24. The van der Waals surface area contributed by atoms with E-state index in [9.17, 15) is 4.79 Å². The minimum Gasteiger partial charge on any atom is -0.454 e. The van der Waals surface area contributed by atoms with Crippen molar-refractivity contribution in [2.45, 2.75) is 20.4 Å². The molecular formula is C11H11NO3. The number of benzene rings is 1. The maximum Gasteiger partial charge on any atom is 0.235 e. The number of ether oxygens (including phenoxy) is 2. The Hall–Kier alpha value is -1.80. The van der Waals surface area contributed by atoms with Gasteiger partial charge in [0.1, 0.15) is 0 Å². The van der Waals surface area contributed by atoms with Crippen LogP contribution < -0.4 is 9.47 Å². The molecule has 0 spiro atoms. The fourth-order valence-electron chi connectivity index (χ4n) is 1.65. The zero-order valence-corrected chi connectivity index (χ0v) is 8.66. The highest BCUT2D eigenvalue weighted by atomic mass is 16.7. The van der Waals surface area contributed by atoms with E-state index in [0.717, 1.165) is 28.2 Å². The van der Waals surface area contributed by atoms with Crippen LogP contribution in [0.15, 0.2) is 11.1 Å². The molecule has 0 aromatic heterocycles. The van der Waals surface area contributed by atoms with Gasteiger partial charge < -0.3 is 9.47 Å². The molecule has 1 aliphatic heterocycles. The number of fused-ring (bicyclic) bond motifs is 1. The molecule has 15 heavy (non-hydrogen) atoms. The molecule has 0 N–H and O–H groups in total. The predicted molar refractivity (Wildman–Crippen MR) is 53.9 cm³/mol. The van der Waals surface area contributed by atoms with Gasteiger partial charge in [0.2, 0.25) is 12.9 Å². The smallest absolute Gasteiger partial charge is 0.235 e. The average Bonchev–Trinajstić information content (AvgIpc) is 2.69. The molecule has 0 fully saturated rings. The summed E-state index contributed by atoms with van der Waals surface area (Å²) in [6.45, 7) is 4.55. The van der Waals surface area contributed by atoms with Crippen LogP contribution in [-0.4, -0.2) is 12.9 Å². The third-order valence-corrected chi connectivity index (χ3v) is 2.65. The van der Waals surface area contributed by atoms with Crippen molar-refractivity contribution in [3.8, 4) is 11.5 Å². The summed E-state index contributed by atoms with van der Waals surface area (Å²) >= 11 is 0. The maximum absolute atomic E-state index is 10.1. The first-order valence-electron chi connectivity index (χ1n) is 4.66. The number of nitrogens with zero attached hydrogens (tertiary/aromatic N) is 1. The Balaban J connectivity index is 2.48. The molecule has 0 saturated carbocycles. The third kappa shape index (κ3) is 1.60. The summed E-state index contributed by atoms with van der Waals surface area (Å²) in [5.74, 6) is 1.53. The van der Waals surface area contributed by atoms with Crippen molar-refractivity contribution >= 4 is 6.08 Å². The van der Waals surface area contributed by atoms with Crippen molar-refractivity contribution in [2.24, 2.45) is 4.99 Å². The molecule has 0 unspecified atom stereocenters. The SMILES string of the molecule is Cc1c(CN=C=O)cc2c(c1C)OCO2. The molecule has 0 atom stereocenters. The zero-order chi connectivity index (χ0) is 10.8. The molecule has 78 valence electrons. The Bertz CT molecular complexity index is 448. The lowest BCUT2D eigenvalue weighted by molar-refractivity contribution is 0.173. The molecule has 4 nitrogen and oxygen atoms in total. The topological polar surface area (TPSA) is 47.9 Å². The normalized spacial score (nSPS) is 12.4. The van der Waals surface area contributed by atoms with Crippen LogP contribution in [0, 0.1) is 13.8 Å². The van der Waals surface area contributed by atoms with E-state index >= 15 is 0 Å². The van der Waals surface area contributed by atoms with E-state index in [0.29, 0.717) is 6.54 Å². The van der Waals surface area contributed by atoms with Crippen LogP contribution in [-0.2, 0) is 11.3 Å². The van der Waals surface area contributed by atoms with Gasteiger partial charge in [0.05, 0.1) is 6.54 Å². The van der Waals surface area contributed by atoms with Crippen molar-refractivity contribution in [3.05, 3.63) is 22.8 Å². The highest BCUT2D eigenvalue weighted by molar-refractivity contribution is 5.54. The monoisotopic (exact) mass is 205 g/mol. The van der Waals surface area contributed by atoms with Gasteiger partial charge in [0.25, 0.3) is 0 Å². The largest absolute Gasteiger partial charge is 0.454 e. The molecule has 0 radical (unpaired) electrons. The zero-order valence-electron chi connectivity index (χ0n) is 8.66. The number of carbonyl (C=O) groups excluding carboxylic acids is 1. The van der Waals surface area contributed by atoms with E-state index in [-0.39, 0.29) is 6.79 Å². The fraction of sp³-hybridized carbons (Fsp3) is 0.364. The van der Waals surface area contributed by atoms with Gasteiger partial charge in [-0.1, -0.05) is 0 Å². The number of rotatable bonds is 2. The lowest BCUT2D eigenvalue weighted by Gasteiger charge is -2.08. The van der Waals surface area contributed by atoms with Crippen molar-refractivity contribution in [3.63, 3.8) is 0 Å². The second kappa shape index (κ2) is 3.75. The van der Waals surface area contributed by atoms with E-state index in [4.69, 9.17) is 9.47 Å². The molecule has 0 amide bonds. The summed E-state index contributed by atoms with van der Waals surface area (Å²) in [4.78, 5) is 13.6. The second-order valence-corrected chi connectivity index (χ2v) is 3.43. The molecule has 1 heterocycles. The molecule has 1 aromatic carbocycles. The van der Waals surface area contributed by atoms with Crippen LogP contribution in [0.1, 0.15) is 16.7 Å². The Labute approximate surface area is 87.5 Å². The molecule has 1 aromatic rings. The summed E-state index contributed by atoms with van der Waals surface area (Å²) in [6.07, 6.45) is 1.53. The summed E-state index contributed by atoms with van der Waals surface area (Å²) < 4.78 is 10.6.